The van der Waals surface area contributed by atoms with Crippen LogP contribution in [0.25, 0.3) is 6.08 Å². The Bertz CT molecular complexity index is 451. The topological polar surface area (TPSA) is 66.8 Å². The number of ether oxygens (including phenoxy) is 1. The van der Waals surface area contributed by atoms with E-state index >= 15 is 0 Å². The Labute approximate surface area is 93.6 Å². The molecule has 0 fully saturated rings. The zero-order chi connectivity index (χ0) is 13.1. The third kappa shape index (κ3) is 4.45. The molecule has 4 nitrogen and oxygen atoms in total. The number of alkyl halides is 3. The lowest BCUT2D eigenvalue weighted by molar-refractivity contribution is -0.274. The molecule has 0 radical (unpaired) electrons. The fourth-order valence-corrected chi connectivity index (χ4v) is 1.02. The molecule has 92 valence electrons. The highest BCUT2D eigenvalue weighted by molar-refractivity contribution is 5.85. The molecular weight excluding hydrogens is 241 g/mol. The van der Waals surface area contributed by atoms with Crippen LogP contribution in [0.4, 0.5) is 13.2 Å². The molecule has 0 bridgehead atoms. The van der Waals surface area contributed by atoms with Crippen molar-refractivity contribution in [1.82, 2.24) is 0 Å². The van der Waals surface area contributed by atoms with E-state index in [9.17, 15) is 23.1 Å². The van der Waals surface area contributed by atoms with Gasteiger partial charge in [-0.3, -0.25) is 0 Å². The Balaban J connectivity index is 2.90. The van der Waals surface area contributed by atoms with Gasteiger partial charge in [-0.1, -0.05) is 0 Å². The monoisotopic (exact) mass is 248 g/mol. The lowest BCUT2D eigenvalue weighted by atomic mass is 10.2. The molecule has 0 amide bonds. The van der Waals surface area contributed by atoms with Crippen LogP contribution in [0, 0.1) is 0 Å². The van der Waals surface area contributed by atoms with Crippen molar-refractivity contribution < 1.29 is 32.9 Å². The molecule has 0 aromatic heterocycles. The minimum atomic E-state index is -4.84. The van der Waals surface area contributed by atoms with Crippen molar-refractivity contribution in [3.8, 4) is 11.5 Å². The molecule has 7 heteroatoms. The van der Waals surface area contributed by atoms with Crippen molar-refractivity contribution in [2.45, 2.75) is 6.36 Å². The molecule has 1 rings (SSSR count). The van der Waals surface area contributed by atoms with Crippen LogP contribution in [0.3, 0.4) is 0 Å². The lowest BCUT2D eigenvalue weighted by Crippen LogP contribution is -2.17. The van der Waals surface area contributed by atoms with Crippen molar-refractivity contribution in [2.75, 3.05) is 0 Å². The maximum absolute atomic E-state index is 11.8. The van der Waals surface area contributed by atoms with Crippen LogP contribution >= 0.6 is 0 Å². The first kappa shape index (κ1) is 12.9. The highest BCUT2D eigenvalue weighted by Gasteiger charge is 2.31. The minimum Gasteiger partial charge on any atom is -0.507 e. The molecule has 1 aromatic rings. The van der Waals surface area contributed by atoms with E-state index in [2.05, 4.69) is 4.74 Å². The van der Waals surface area contributed by atoms with Crippen LogP contribution in [0.5, 0.6) is 11.5 Å². The van der Waals surface area contributed by atoms with E-state index < -0.39 is 23.8 Å². The predicted octanol–water partition coefficient (Wildman–Crippen LogP) is 2.39. The smallest absolute Gasteiger partial charge is 0.507 e. The third-order valence-corrected chi connectivity index (χ3v) is 1.64. The highest BCUT2D eigenvalue weighted by atomic mass is 19.4. The molecule has 0 spiro atoms. The molecule has 0 unspecified atom stereocenters. The van der Waals surface area contributed by atoms with Crippen molar-refractivity contribution in [3.63, 3.8) is 0 Å². The summed E-state index contributed by atoms with van der Waals surface area (Å²) in [7, 11) is 0. The summed E-state index contributed by atoms with van der Waals surface area (Å²) in [5.74, 6) is -2.33. The maximum Gasteiger partial charge on any atom is 0.573 e. The van der Waals surface area contributed by atoms with Crippen LogP contribution in [-0.2, 0) is 4.79 Å². The summed E-state index contributed by atoms with van der Waals surface area (Å²) in [5.41, 5.74) is 0.0712. The number of carbonyl (C=O) groups is 1. The van der Waals surface area contributed by atoms with E-state index in [0.29, 0.717) is 0 Å². The average Bonchev–Trinajstić information content (AvgIpc) is 2.13. The van der Waals surface area contributed by atoms with Gasteiger partial charge in [0.2, 0.25) is 0 Å². The van der Waals surface area contributed by atoms with Gasteiger partial charge in [-0.2, -0.15) is 0 Å². The van der Waals surface area contributed by atoms with Gasteiger partial charge >= 0.3 is 12.3 Å². The molecule has 0 atom stereocenters. The first-order valence-corrected chi connectivity index (χ1v) is 4.28. The number of hydrogen-bond acceptors (Lipinski definition) is 3. The normalized spacial score (nSPS) is 11.7. The van der Waals surface area contributed by atoms with E-state index in [1.807, 2.05) is 0 Å². The summed E-state index contributed by atoms with van der Waals surface area (Å²) >= 11 is 0. The summed E-state index contributed by atoms with van der Waals surface area (Å²) in [6.45, 7) is 0. The molecule has 0 saturated carbocycles. The number of hydrogen-bond donors (Lipinski definition) is 2. The molecule has 0 aliphatic carbocycles. The second kappa shape index (κ2) is 4.77. The molecule has 0 heterocycles. The summed E-state index contributed by atoms with van der Waals surface area (Å²) in [5, 5.41) is 17.6. The lowest BCUT2D eigenvalue weighted by Gasteiger charge is -2.09. The quantitative estimate of drug-likeness (QED) is 0.806. The van der Waals surface area contributed by atoms with Gasteiger partial charge in [0, 0.05) is 17.7 Å². The SMILES string of the molecule is O=C(O)C=Cc1ccc(OC(F)(F)F)cc1O. The first-order valence-electron chi connectivity index (χ1n) is 4.28. The number of phenols is 1. The van der Waals surface area contributed by atoms with Gasteiger partial charge in [-0.05, 0) is 18.2 Å². The fourth-order valence-electron chi connectivity index (χ4n) is 1.02. The molecule has 0 aliphatic rings. The fraction of sp³-hybridized carbons (Fsp3) is 0.100. The standard InChI is InChI=1S/C10H7F3O4/c11-10(12,13)17-7-3-1-6(8(14)5-7)2-4-9(15)16/h1-5,14H,(H,15,16). The van der Waals surface area contributed by atoms with E-state index in [-0.39, 0.29) is 5.56 Å². The zero-order valence-corrected chi connectivity index (χ0v) is 8.23. The van der Waals surface area contributed by atoms with Gasteiger partial charge in [-0.25, -0.2) is 4.79 Å². The number of phenolic OH excluding ortho intramolecular Hbond substituents is 1. The average molecular weight is 248 g/mol. The van der Waals surface area contributed by atoms with Crippen molar-refractivity contribution >= 4 is 12.0 Å². The van der Waals surface area contributed by atoms with Crippen LogP contribution in [-0.4, -0.2) is 22.5 Å². The number of carboxylic acid groups (broad SMARTS) is 1. The van der Waals surface area contributed by atoms with Crippen LogP contribution < -0.4 is 4.74 Å². The van der Waals surface area contributed by atoms with Gasteiger partial charge in [-0.15, -0.1) is 13.2 Å². The van der Waals surface area contributed by atoms with Gasteiger partial charge in [0.1, 0.15) is 11.5 Å². The van der Waals surface area contributed by atoms with Crippen LogP contribution in [0.1, 0.15) is 5.56 Å². The minimum absolute atomic E-state index is 0.0712. The summed E-state index contributed by atoms with van der Waals surface area (Å²) in [6, 6.07) is 2.82. The third-order valence-electron chi connectivity index (χ3n) is 1.64. The number of aromatic hydroxyl groups is 1. The Kier molecular flexibility index (Phi) is 3.62. The maximum atomic E-state index is 11.8. The van der Waals surface area contributed by atoms with Gasteiger partial charge in [0.15, 0.2) is 0 Å². The summed E-state index contributed by atoms with van der Waals surface area (Å²) < 4.78 is 39.1. The number of benzene rings is 1. The van der Waals surface area contributed by atoms with E-state index in [4.69, 9.17) is 5.11 Å². The molecule has 1 aromatic carbocycles. The zero-order valence-electron chi connectivity index (χ0n) is 8.23. The predicted molar refractivity (Wildman–Crippen MR) is 51.5 cm³/mol. The van der Waals surface area contributed by atoms with Crippen LogP contribution in [0.15, 0.2) is 24.3 Å². The summed E-state index contributed by atoms with van der Waals surface area (Å²) in [6.07, 6.45) is -3.04. The number of carboxylic acids is 1. The summed E-state index contributed by atoms with van der Waals surface area (Å²) in [4.78, 5) is 10.2. The Morgan fingerprint density at radius 2 is 2.00 bits per heavy atom. The largest absolute Gasteiger partial charge is 0.573 e. The Morgan fingerprint density at radius 3 is 2.47 bits per heavy atom. The number of aliphatic carboxylic acids is 1. The Morgan fingerprint density at radius 1 is 1.35 bits per heavy atom. The van der Waals surface area contributed by atoms with Gasteiger partial charge < -0.3 is 14.9 Å². The van der Waals surface area contributed by atoms with E-state index in [1.54, 1.807) is 0 Å². The van der Waals surface area contributed by atoms with Crippen molar-refractivity contribution in [2.24, 2.45) is 0 Å². The van der Waals surface area contributed by atoms with Crippen LogP contribution in [0.2, 0.25) is 0 Å². The molecule has 0 saturated heterocycles. The van der Waals surface area contributed by atoms with Crippen molar-refractivity contribution in [1.29, 1.82) is 0 Å². The van der Waals surface area contributed by atoms with E-state index in [1.165, 1.54) is 0 Å². The van der Waals surface area contributed by atoms with Gasteiger partial charge in [0.25, 0.3) is 0 Å². The van der Waals surface area contributed by atoms with E-state index in [0.717, 1.165) is 30.4 Å². The second-order valence-electron chi connectivity index (χ2n) is 2.94. The Hall–Kier alpha value is -2.18. The second-order valence-corrected chi connectivity index (χ2v) is 2.94. The molecular formula is C10H7F3O4. The highest BCUT2D eigenvalue weighted by Crippen LogP contribution is 2.28. The molecule has 2 N–H and O–H groups in total. The number of rotatable bonds is 3. The van der Waals surface area contributed by atoms with Gasteiger partial charge in [0.05, 0.1) is 0 Å². The van der Waals surface area contributed by atoms with Crippen molar-refractivity contribution in [3.05, 3.63) is 29.8 Å². The molecule has 0 aliphatic heterocycles. The first-order chi connectivity index (χ1) is 7.78. The molecule has 17 heavy (non-hydrogen) atoms. The number of halogens is 3.